The predicted octanol–water partition coefficient (Wildman–Crippen LogP) is 14.6. The quantitative estimate of drug-likeness (QED) is 0.176. The molecule has 0 aromatic heterocycles. The van der Waals surface area contributed by atoms with E-state index in [4.69, 9.17) is 9.47 Å². The standard InChI is InChI=1S/C51H37N3O2/c1-51(2)41-14-4-3-13-39(41)40-32-31-38(33-42(40)51)52(34-23-27-36(28-24-34)53-43-15-5-9-19-47(43)55-48-20-10-6-16-44(48)53)35-25-29-37(30-26-35)54-45-17-7-11-21-49(45)56-50-22-12-8-18-46(50)54/h3-33H,1-2H3. The van der Waals surface area contributed by atoms with Gasteiger partial charge in [0.25, 0.3) is 0 Å². The Morgan fingerprint density at radius 1 is 0.375 bits per heavy atom. The average Bonchev–Trinajstić information content (AvgIpc) is 3.48. The maximum atomic E-state index is 6.32. The Morgan fingerprint density at radius 3 is 1.21 bits per heavy atom. The fourth-order valence-corrected chi connectivity index (χ4v) is 8.75. The van der Waals surface area contributed by atoms with Gasteiger partial charge in [0, 0.05) is 33.9 Å². The van der Waals surface area contributed by atoms with Crippen LogP contribution in [0.3, 0.4) is 0 Å². The highest BCUT2D eigenvalue weighted by Crippen LogP contribution is 2.54. The largest absolute Gasteiger partial charge is 0.453 e. The van der Waals surface area contributed by atoms with Crippen LogP contribution in [0.2, 0.25) is 0 Å². The van der Waals surface area contributed by atoms with Gasteiger partial charge in [0.2, 0.25) is 0 Å². The van der Waals surface area contributed by atoms with Gasteiger partial charge in [-0.2, -0.15) is 0 Å². The van der Waals surface area contributed by atoms with E-state index < -0.39 is 0 Å². The van der Waals surface area contributed by atoms with Gasteiger partial charge in [-0.05, 0) is 131 Å². The van der Waals surface area contributed by atoms with E-state index >= 15 is 0 Å². The van der Waals surface area contributed by atoms with Crippen LogP contribution in [0, 0.1) is 0 Å². The molecule has 0 spiro atoms. The molecule has 11 rings (SSSR count). The van der Waals surface area contributed by atoms with Crippen LogP contribution in [0.4, 0.5) is 51.2 Å². The van der Waals surface area contributed by atoms with Gasteiger partial charge in [-0.3, -0.25) is 0 Å². The van der Waals surface area contributed by atoms with Crippen LogP contribution in [0.5, 0.6) is 23.0 Å². The number of para-hydroxylation sites is 8. The number of fused-ring (bicyclic) bond motifs is 7. The number of nitrogens with zero attached hydrogens (tertiary/aromatic N) is 3. The first-order valence-electron chi connectivity index (χ1n) is 19.1. The molecule has 0 N–H and O–H groups in total. The summed E-state index contributed by atoms with van der Waals surface area (Å²) in [6, 6.07) is 66.4. The molecule has 0 saturated carbocycles. The Kier molecular flexibility index (Phi) is 7.13. The molecule has 268 valence electrons. The molecule has 2 aliphatic heterocycles. The molecule has 8 aromatic rings. The summed E-state index contributed by atoms with van der Waals surface area (Å²) in [7, 11) is 0. The lowest BCUT2D eigenvalue weighted by molar-refractivity contribution is 0.477. The lowest BCUT2D eigenvalue weighted by atomic mass is 9.82. The summed E-state index contributed by atoms with van der Waals surface area (Å²) in [4.78, 5) is 6.93. The zero-order valence-corrected chi connectivity index (χ0v) is 31.1. The highest BCUT2D eigenvalue weighted by atomic mass is 16.5. The van der Waals surface area contributed by atoms with Crippen LogP contribution in [0.15, 0.2) is 188 Å². The summed E-state index contributed by atoms with van der Waals surface area (Å²) in [6.45, 7) is 4.68. The zero-order chi connectivity index (χ0) is 37.4. The van der Waals surface area contributed by atoms with Crippen LogP contribution < -0.4 is 24.2 Å². The molecular weight excluding hydrogens is 687 g/mol. The molecule has 5 heteroatoms. The summed E-state index contributed by atoms with van der Waals surface area (Å²) < 4.78 is 12.6. The topological polar surface area (TPSA) is 28.2 Å². The van der Waals surface area contributed by atoms with Crippen molar-refractivity contribution in [2.24, 2.45) is 0 Å². The fraction of sp³-hybridized carbons (Fsp3) is 0.0588. The van der Waals surface area contributed by atoms with Gasteiger partial charge in [0.05, 0.1) is 22.7 Å². The van der Waals surface area contributed by atoms with Crippen molar-refractivity contribution in [1.82, 2.24) is 0 Å². The zero-order valence-electron chi connectivity index (χ0n) is 31.1. The molecular formula is C51H37N3O2. The average molecular weight is 724 g/mol. The Labute approximate surface area is 326 Å². The third-order valence-electron chi connectivity index (χ3n) is 11.4. The SMILES string of the molecule is CC1(C)c2ccccc2-c2ccc(N(c3ccc(N4c5ccccc5Oc5ccccc54)cc3)c3ccc(N4c5ccccc5Oc5ccccc54)cc3)cc21. The summed E-state index contributed by atoms with van der Waals surface area (Å²) in [5, 5.41) is 0. The highest BCUT2D eigenvalue weighted by molar-refractivity contribution is 5.90. The van der Waals surface area contributed by atoms with Crippen molar-refractivity contribution >= 4 is 51.2 Å². The number of rotatable bonds is 5. The van der Waals surface area contributed by atoms with Crippen LogP contribution in [-0.4, -0.2) is 0 Å². The number of benzene rings is 8. The van der Waals surface area contributed by atoms with Crippen molar-refractivity contribution in [1.29, 1.82) is 0 Å². The van der Waals surface area contributed by atoms with Gasteiger partial charge in [-0.15, -0.1) is 0 Å². The van der Waals surface area contributed by atoms with E-state index in [9.17, 15) is 0 Å². The summed E-state index contributed by atoms with van der Waals surface area (Å²) in [6.07, 6.45) is 0. The van der Waals surface area contributed by atoms with Gasteiger partial charge in [-0.25, -0.2) is 0 Å². The van der Waals surface area contributed by atoms with E-state index in [-0.39, 0.29) is 5.41 Å². The van der Waals surface area contributed by atoms with Gasteiger partial charge in [0.15, 0.2) is 23.0 Å². The van der Waals surface area contributed by atoms with E-state index in [0.29, 0.717) is 0 Å². The molecule has 0 bridgehead atoms. The molecule has 5 nitrogen and oxygen atoms in total. The van der Waals surface area contributed by atoms with E-state index in [1.54, 1.807) is 0 Å². The minimum Gasteiger partial charge on any atom is -0.453 e. The third kappa shape index (κ3) is 4.94. The van der Waals surface area contributed by atoms with E-state index in [2.05, 4.69) is 168 Å². The van der Waals surface area contributed by atoms with Crippen molar-refractivity contribution in [2.45, 2.75) is 19.3 Å². The second-order valence-corrected chi connectivity index (χ2v) is 15.0. The Morgan fingerprint density at radius 2 is 0.750 bits per heavy atom. The molecule has 0 radical (unpaired) electrons. The Balaban J connectivity index is 1.03. The normalized spacial score (nSPS) is 13.9. The number of anilines is 9. The van der Waals surface area contributed by atoms with Crippen molar-refractivity contribution in [3.8, 4) is 34.1 Å². The molecule has 0 fully saturated rings. The molecule has 1 aliphatic carbocycles. The first kappa shape index (κ1) is 32.2. The van der Waals surface area contributed by atoms with E-state index in [1.807, 2.05) is 48.5 Å². The van der Waals surface area contributed by atoms with Gasteiger partial charge < -0.3 is 24.2 Å². The van der Waals surface area contributed by atoms with Crippen molar-refractivity contribution < 1.29 is 9.47 Å². The molecule has 56 heavy (non-hydrogen) atoms. The minimum atomic E-state index is -0.129. The van der Waals surface area contributed by atoms with Crippen molar-refractivity contribution in [3.63, 3.8) is 0 Å². The van der Waals surface area contributed by atoms with Crippen LogP contribution in [0.25, 0.3) is 11.1 Å². The van der Waals surface area contributed by atoms with Crippen LogP contribution in [-0.2, 0) is 5.41 Å². The predicted molar refractivity (Wildman–Crippen MR) is 228 cm³/mol. The number of hydrogen-bond donors (Lipinski definition) is 0. The van der Waals surface area contributed by atoms with E-state index in [1.165, 1.54) is 22.3 Å². The van der Waals surface area contributed by atoms with Crippen LogP contribution >= 0.6 is 0 Å². The maximum Gasteiger partial charge on any atom is 0.151 e. The van der Waals surface area contributed by atoms with Gasteiger partial charge in [-0.1, -0.05) is 92.7 Å². The second-order valence-electron chi connectivity index (χ2n) is 15.0. The fourth-order valence-electron chi connectivity index (χ4n) is 8.75. The molecule has 2 heterocycles. The van der Waals surface area contributed by atoms with Gasteiger partial charge >= 0.3 is 0 Å². The molecule has 0 amide bonds. The first-order chi connectivity index (χ1) is 27.5. The molecule has 0 atom stereocenters. The third-order valence-corrected chi connectivity index (χ3v) is 11.4. The van der Waals surface area contributed by atoms with Crippen molar-refractivity contribution in [3.05, 3.63) is 199 Å². The smallest absolute Gasteiger partial charge is 0.151 e. The van der Waals surface area contributed by atoms with Gasteiger partial charge in [0.1, 0.15) is 0 Å². The van der Waals surface area contributed by atoms with Crippen LogP contribution in [0.1, 0.15) is 25.0 Å². The summed E-state index contributed by atoms with van der Waals surface area (Å²) >= 11 is 0. The molecule has 8 aromatic carbocycles. The number of hydrogen-bond acceptors (Lipinski definition) is 5. The Hall–Kier alpha value is -7.24. The molecule has 0 saturated heterocycles. The first-order valence-corrected chi connectivity index (χ1v) is 19.1. The highest BCUT2D eigenvalue weighted by Gasteiger charge is 2.36. The maximum absolute atomic E-state index is 6.32. The minimum absolute atomic E-state index is 0.129. The Bertz CT molecular complexity index is 2580. The number of ether oxygens (including phenoxy) is 2. The second kappa shape index (κ2) is 12.4. The molecule has 3 aliphatic rings. The molecule has 0 unspecified atom stereocenters. The van der Waals surface area contributed by atoms with E-state index in [0.717, 1.165) is 74.2 Å². The summed E-state index contributed by atoms with van der Waals surface area (Å²) in [5.41, 5.74) is 14.6. The summed E-state index contributed by atoms with van der Waals surface area (Å²) in [5.74, 6) is 3.35. The monoisotopic (exact) mass is 723 g/mol. The lowest BCUT2D eigenvalue weighted by Crippen LogP contribution is -2.17. The lowest BCUT2D eigenvalue weighted by Gasteiger charge is -2.34. The van der Waals surface area contributed by atoms with Crippen molar-refractivity contribution in [2.75, 3.05) is 14.7 Å².